The Balaban J connectivity index is 1.72. The number of hydrogen-bond acceptors (Lipinski definition) is 1. The first-order valence-electron chi connectivity index (χ1n) is 7.50. The first-order chi connectivity index (χ1) is 9.61. The summed E-state index contributed by atoms with van der Waals surface area (Å²) in [5, 5.41) is 4.27. The van der Waals surface area contributed by atoms with Crippen LogP contribution in [0.5, 0.6) is 0 Å². The van der Waals surface area contributed by atoms with Crippen LogP contribution in [0.1, 0.15) is 43.6 Å². The molecule has 20 heavy (non-hydrogen) atoms. The van der Waals surface area contributed by atoms with Gasteiger partial charge in [0.15, 0.2) is 0 Å². The van der Waals surface area contributed by atoms with Gasteiger partial charge in [-0.05, 0) is 43.2 Å². The van der Waals surface area contributed by atoms with Gasteiger partial charge in [0.05, 0.1) is 0 Å². The number of fused-ring (bicyclic) bond motifs is 1. The Morgan fingerprint density at radius 3 is 2.55 bits per heavy atom. The van der Waals surface area contributed by atoms with Crippen LogP contribution in [-0.4, -0.2) is 16.9 Å². The third-order valence-corrected chi connectivity index (χ3v) is 4.29. The predicted octanol–water partition coefficient (Wildman–Crippen LogP) is 3.72. The second kappa shape index (κ2) is 5.31. The summed E-state index contributed by atoms with van der Waals surface area (Å²) >= 11 is 0. The second-order valence-electron chi connectivity index (χ2n) is 6.36. The van der Waals surface area contributed by atoms with Crippen LogP contribution in [0.2, 0.25) is 0 Å². The predicted molar refractivity (Wildman–Crippen MR) is 81.7 cm³/mol. The monoisotopic (exact) mass is 270 g/mol. The molecule has 0 saturated heterocycles. The summed E-state index contributed by atoms with van der Waals surface area (Å²) in [4.78, 5) is 15.5. The summed E-state index contributed by atoms with van der Waals surface area (Å²) in [6.07, 6.45) is 3.46. The molecule has 106 valence electrons. The lowest BCUT2D eigenvalue weighted by molar-refractivity contribution is 0.0907. The number of aromatic nitrogens is 1. The Hall–Kier alpha value is -1.77. The van der Waals surface area contributed by atoms with E-state index in [1.807, 2.05) is 30.3 Å². The van der Waals surface area contributed by atoms with Crippen molar-refractivity contribution < 1.29 is 4.79 Å². The highest BCUT2D eigenvalue weighted by Gasteiger charge is 2.25. The average Bonchev–Trinajstić information content (AvgIpc) is 2.81. The number of carbonyl (C=O) groups is 1. The fraction of sp³-hybridized carbons (Fsp3) is 0.471. The van der Waals surface area contributed by atoms with Crippen molar-refractivity contribution in [1.82, 2.24) is 10.3 Å². The molecule has 3 rings (SSSR count). The number of benzene rings is 1. The van der Waals surface area contributed by atoms with E-state index in [9.17, 15) is 4.79 Å². The van der Waals surface area contributed by atoms with Gasteiger partial charge in [-0.2, -0.15) is 0 Å². The molecule has 0 bridgehead atoms. The first kappa shape index (κ1) is 13.2. The van der Waals surface area contributed by atoms with Crippen molar-refractivity contribution in [3.8, 4) is 0 Å². The maximum Gasteiger partial charge on any atom is 0.267 e. The van der Waals surface area contributed by atoms with E-state index in [4.69, 9.17) is 0 Å². The van der Waals surface area contributed by atoms with E-state index in [1.165, 1.54) is 6.42 Å². The van der Waals surface area contributed by atoms with Crippen LogP contribution in [0.3, 0.4) is 0 Å². The third kappa shape index (κ3) is 2.72. The molecule has 2 aromatic rings. The van der Waals surface area contributed by atoms with Crippen LogP contribution in [0.25, 0.3) is 10.9 Å². The highest BCUT2D eigenvalue weighted by molar-refractivity contribution is 5.98. The van der Waals surface area contributed by atoms with Crippen molar-refractivity contribution in [3.05, 3.63) is 36.0 Å². The number of nitrogens with one attached hydrogen (secondary N) is 2. The Labute approximate surface area is 119 Å². The van der Waals surface area contributed by atoms with Crippen LogP contribution in [0.4, 0.5) is 0 Å². The molecule has 1 fully saturated rings. The Kier molecular flexibility index (Phi) is 3.51. The van der Waals surface area contributed by atoms with Gasteiger partial charge < -0.3 is 10.3 Å². The quantitative estimate of drug-likeness (QED) is 0.858. The number of carbonyl (C=O) groups excluding carboxylic acids is 1. The van der Waals surface area contributed by atoms with Crippen molar-refractivity contribution in [3.63, 3.8) is 0 Å². The van der Waals surface area contributed by atoms with Gasteiger partial charge in [-0.15, -0.1) is 0 Å². The molecule has 1 aromatic carbocycles. The molecule has 2 atom stereocenters. The summed E-state index contributed by atoms with van der Waals surface area (Å²) in [5.41, 5.74) is 1.68. The number of para-hydroxylation sites is 1. The zero-order valence-electron chi connectivity index (χ0n) is 12.1. The second-order valence-corrected chi connectivity index (χ2v) is 6.36. The van der Waals surface area contributed by atoms with E-state index in [-0.39, 0.29) is 5.91 Å². The molecule has 0 radical (unpaired) electrons. The molecule has 1 aromatic heterocycles. The molecule has 3 heteroatoms. The van der Waals surface area contributed by atoms with E-state index in [0.29, 0.717) is 23.6 Å². The number of hydrogen-bond donors (Lipinski definition) is 2. The van der Waals surface area contributed by atoms with E-state index >= 15 is 0 Å². The minimum atomic E-state index is 0.0208. The molecule has 3 nitrogen and oxygen atoms in total. The Bertz CT molecular complexity index is 573. The zero-order valence-corrected chi connectivity index (χ0v) is 12.1. The minimum absolute atomic E-state index is 0.0208. The fourth-order valence-corrected chi connectivity index (χ4v) is 3.52. The molecule has 1 heterocycles. The molecular weight excluding hydrogens is 248 g/mol. The lowest BCUT2D eigenvalue weighted by Gasteiger charge is -2.31. The molecule has 1 amide bonds. The van der Waals surface area contributed by atoms with Crippen LogP contribution in [0, 0.1) is 11.8 Å². The maximum atomic E-state index is 12.4. The number of H-pyrrole nitrogens is 1. The van der Waals surface area contributed by atoms with Crippen molar-refractivity contribution in [2.75, 3.05) is 0 Å². The lowest BCUT2D eigenvalue weighted by Crippen LogP contribution is -2.40. The highest BCUT2D eigenvalue weighted by atomic mass is 16.1. The summed E-state index contributed by atoms with van der Waals surface area (Å²) in [5.74, 6) is 1.42. The molecule has 1 aliphatic rings. The molecule has 2 N–H and O–H groups in total. The van der Waals surface area contributed by atoms with Gasteiger partial charge in [-0.3, -0.25) is 4.79 Å². The fourth-order valence-electron chi connectivity index (χ4n) is 3.52. The largest absolute Gasteiger partial charge is 0.351 e. The van der Waals surface area contributed by atoms with Gasteiger partial charge in [-0.25, -0.2) is 0 Å². The Morgan fingerprint density at radius 1 is 1.15 bits per heavy atom. The SMILES string of the molecule is CC1CC(C)CC(NC(=O)c2cc3ccccc3[nH]2)C1. The molecule has 0 aliphatic heterocycles. The van der Waals surface area contributed by atoms with Crippen LogP contribution in [-0.2, 0) is 0 Å². The van der Waals surface area contributed by atoms with E-state index in [0.717, 1.165) is 23.7 Å². The van der Waals surface area contributed by atoms with E-state index in [1.54, 1.807) is 0 Å². The van der Waals surface area contributed by atoms with Gasteiger partial charge >= 0.3 is 0 Å². The summed E-state index contributed by atoms with van der Waals surface area (Å²) in [6, 6.07) is 10.2. The summed E-state index contributed by atoms with van der Waals surface area (Å²) in [7, 11) is 0. The standard InChI is InChI=1S/C17H22N2O/c1-11-7-12(2)9-14(8-11)18-17(20)16-10-13-5-3-4-6-15(13)19-16/h3-6,10-12,14,19H,7-9H2,1-2H3,(H,18,20). The van der Waals surface area contributed by atoms with Gasteiger partial charge in [0, 0.05) is 16.9 Å². The molecule has 2 unspecified atom stereocenters. The zero-order chi connectivity index (χ0) is 14.1. The van der Waals surface area contributed by atoms with E-state index < -0.39 is 0 Å². The van der Waals surface area contributed by atoms with Gasteiger partial charge in [0.1, 0.15) is 5.69 Å². The number of amides is 1. The van der Waals surface area contributed by atoms with Crippen molar-refractivity contribution >= 4 is 16.8 Å². The van der Waals surface area contributed by atoms with Gasteiger partial charge in [-0.1, -0.05) is 32.0 Å². The smallest absolute Gasteiger partial charge is 0.267 e. The topological polar surface area (TPSA) is 44.9 Å². The molecular formula is C17H22N2O. The number of rotatable bonds is 2. The normalized spacial score (nSPS) is 26.6. The minimum Gasteiger partial charge on any atom is -0.351 e. The molecule has 1 aliphatic carbocycles. The summed E-state index contributed by atoms with van der Waals surface area (Å²) < 4.78 is 0. The van der Waals surface area contributed by atoms with Crippen LogP contribution < -0.4 is 5.32 Å². The van der Waals surface area contributed by atoms with Gasteiger partial charge in [0.25, 0.3) is 5.91 Å². The Morgan fingerprint density at radius 2 is 1.85 bits per heavy atom. The number of aromatic amines is 1. The van der Waals surface area contributed by atoms with Crippen molar-refractivity contribution in [1.29, 1.82) is 0 Å². The van der Waals surface area contributed by atoms with Crippen molar-refractivity contribution in [2.24, 2.45) is 11.8 Å². The third-order valence-electron chi connectivity index (χ3n) is 4.29. The highest BCUT2D eigenvalue weighted by Crippen LogP contribution is 2.28. The summed E-state index contributed by atoms with van der Waals surface area (Å²) in [6.45, 7) is 4.55. The average molecular weight is 270 g/mol. The van der Waals surface area contributed by atoms with Gasteiger partial charge in [0.2, 0.25) is 0 Å². The first-order valence-corrected chi connectivity index (χ1v) is 7.50. The molecule has 0 spiro atoms. The lowest BCUT2D eigenvalue weighted by atomic mass is 9.80. The van der Waals surface area contributed by atoms with Crippen LogP contribution >= 0.6 is 0 Å². The maximum absolute atomic E-state index is 12.4. The van der Waals surface area contributed by atoms with Crippen molar-refractivity contribution in [2.45, 2.75) is 39.2 Å². The molecule has 1 saturated carbocycles. The van der Waals surface area contributed by atoms with E-state index in [2.05, 4.69) is 24.1 Å². The van der Waals surface area contributed by atoms with Crippen LogP contribution in [0.15, 0.2) is 30.3 Å².